The Bertz CT molecular complexity index is 674. The van der Waals surface area contributed by atoms with E-state index in [-0.39, 0.29) is 0 Å². The number of nitrogens with one attached hydrogen (secondary N) is 2. The van der Waals surface area contributed by atoms with Crippen molar-refractivity contribution in [1.29, 1.82) is 0 Å². The fraction of sp³-hybridized carbons (Fsp3) is 0.556. The summed E-state index contributed by atoms with van der Waals surface area (Å²) in [6.07, 6.45) is 4.26. The second-order valence-corrected chi connectivity index (χ2v) is 8.63. The fourth-order valence-electron chi connectivity index (χ4n) is 4.45. The van der Waals surface area contributed by atoms with Crippen molar-refractivity contribution >= 4 is 11.4 Å². The lowest BCUT2D eigenvalue weighted by molar-refractivity contribution is 0.314. The molecule has 0 saturated heterocycles. The summed E-state index contributed by atoms with van der Waals surface area (Å²) >= 11 is 0. The Morgan fingerprint density at radius 2 is 0.933 bits per heavy atom. The molecule has 2 unspecified atom stereocenters. The molecule has 0 bridgehead atoms. The van der Waals surface area contributed by atoms with E-state index >= 15 is 0 Å². The number of rotatable bonds is 12. The maximum absolute atomic E-state index is 3.81. The number of likely N-dealkylation sites (N-methyl/N-ethyl adjacent to an activating group) is 1. The van der Waals surface area contributed by atoms with Gasteiger partial charge in [-0.25, -0.2) is 0 Å². The van der Waals surface area contributed by atoms with Crippen molar-refractivity contribution in [2.24, 2.45) is 0 Å². The predicted octanol–water partition coefficient (Wildman–Crippen LogP) is 6.17. The molecule has 0 aliphatic rings. The van der Waals surface area contributed by atoms with Gasteiger partial charge in [-0.3, -0.25) is 0 Å². The molecule has 0 spiro atoms. The van der Waals surface area contributed by atoms with Crippen LogP contribution in [0.5, 0.6) is 0 Å². The molecule has 166 valence electrons. The quantitative estimate of drug-likeness (QED) is 0.439. The molecule has 30 heavy (non-hydrogen) atoms. The first-order valence-electron chi connectivity index (χ1n) is 11.9. The van der Waals surface area contributed by atoms with E-state index in [0.717, 1.165) is 38.8 Å². The first-order valence-corrected chi connectivity index (χ1v) is 11.9. The molecule has 3 nitrogen and oxygen atoms in total. The van der Waals surface area contributed by atoms with Gasteiger partial charge >= 0.3 is 0 Å². The molecule has 2 aromatic rings. The summed E-state index contributed by atoms with van der Waals surface area (Å²) in [5.74, 6) is 0. The summed E-state index contributed by atoms with van der Waals surface area (Å²) in [7, 11) is 2.23. The van der Waals surface area contributed by atoms with Crippen LogP contribution in [0.15, 0.2) is 36.4 Å². The van der Waals surface area contributed by atoms with Gasteiger partial charge in [0.25, 0.3) is 0 Å². The van der Waals surface area contributed by atoms with Crippen molar-refractivity contribution in [2.75, 3.05) is 30.8 Å². The molecular formula is C27H43N3. The van der Waals surface area contributed by atoms with Crippen molar-refractivity contribution < 1.29 is 0 Å². The average Bonchev–Trinajstić information content (AvgIpc) is 2.73. The molecule has 2 aromatic carbocycles. The Morgan fingerprint density at radius 3 is 1.20 bits per heavy atom. The van der Waals surface area contributed by atoms with E-state index < -0.39 is 0 Å². The van der Waals surface area contributed by atoms with Crippen LogP contribution in [0.4, 0.5) is 11.4 Å². The highest BCUT2D eigenvalue weighted by Crippen LogP contribution is 2.25. The van der Waals surface area contributed by atoms with Crippen LogP contribution in [0.2, 0.25) is 0 Å². The zero-order valence-electron chi connectivity index (χ0n) is 20.3. The third-order valence-electron chi connectivity index (χ3n) is 5.95. The average molecular weight is 410 g/mol. The van der Waals surface area contributed by atoms with E-state index in [1.54, 1.807) is 0 Å². The lowest BCUT2D eigenvalue weighted by Crippen LogP contribution is -2.39. The van der Waals surface area contributed by atoms with Crippen LogP contribution in [0.1, 0.15) is 63.8 Å². The van der Waals surface area contributed by atoms with E-state index in [1.807, 2.05) is 0 Å². The standard InChI is InChI=1S/C27H43N3/c1-8-22-14-12-15-23(9-2)26(22)28-20(5)18-30(7)19-21(6)29-27-24(10-3)16-13-17-25(27)11-4/h12-17,20-21,28-29H,8-11,18-19H2,1-7H3. The molecule has 0 fully saturated rings. The van der Waals surface area contributed by atoms with E-state index in [2.05, 4.69) is 101 Å². The second-order valence-electron chi connectivity index (χ2n) is 8.63. The van der Waals surface area contributed by atoms with Gasteiger partial charge in [-0.15, -0.1) is 0 Å². The van der Waals surface area contributed by atoms with E-state index in [1.165, 1.54) is 33.6 Å². The zero-order valence-corrected chi connectivity index (χ0v) is 20.3. The van der Waals surface area contributed by atoms with Gasteiger partial charge in [-0.1, -0.05) is 64.1 Å². The maximum Gasteiger partial charge on any atom is 0.0407 e. The SMILES string of the molecule is CCc1cccc(CC)c1NC(C)CN(C)CC(C)Nc1c(CC)cccc1CC. The van der Waals surface area contributed by atoms with Crippen molar-refractivity contribution in [3.63, 3.8) is 0 Å². The third kappa shape index (κ3) is 6.50. The molecule has 2 rings (SSSR count). The van der Waals surface area contributed by atoms with Crippen LogP contribution in [-0.4, -0.2) is 37.1 Å². The summed E-state index contributed by atoms with van der Waals surface area (Å²) in [6, 6.07) is 14.2. The van der Waals surface area contributed by atoms with Crippen molar-refractivity contribution in [1.82, 2.24) is 4.90 Å². The number of nitrogens with zero attached hydrogens (tertiary/aromatic N) is 1. The van der Waals surface area contributed by atoms with Gasteiger partial charge in [0, 0.05) is 36.5 Å². The van der Waals surface area contributed by atoms with Crippen LogP contribution in [0.3, 0.4) is 0 Å². The lowest BCUT2D eigenvalue weighted by atomic mass is 10.0. The summed E-state index contributed by atoms with van der Waals surface area (Å²) in [5, 5.41) is 7.62. The van der Waals surface area contributed by atoms with Crippen molar-refractivity contribution in [3.05, 3.63) is 58.7 Å². The number of hydrogen-bond acceptors (Lipinski definition) is 3. The molecule has 2 atom stereocenters. The number of anilines is 2. The highest BCUT2D eigenvalue weighted by atomic mass is 15.1. The molecule has 3 heteroatoms. The number of aryl methyl sites for hydroxylation is 4. The molecule has 0 aliphatic heterocycles. The topological polar surface area (TPSA) is 27.3 Å². The minimum absolute atomic E-state index is 0.398. The number of benzene rings is 2. The van der Waals surface area contributed by atoms with E-state index in [9.17, 15) is 0 Å². The first kappa shape index (κ1) is 24.3. The zero-order chi connectivity index (χ0) is 22.1. The fourth-order valence-corrected chi connectivity index (χ4v) is 4.45. The largest absolute Gasteiger partial charge is 0.381 e. The first-order chi connectivity index (χ1) is 14.4. The highest BCUT2D eigenvalue weighted by Gasteiger charge is 2.15. The smallest absolute Gasteiger partial charge is 0.0407 e. The molecule has 0 aliphatic carbocycles. The Labute approximate surface area is 185 Å². The molecule has 0 amide bonds. The van der Waals surface area contributed by atoms with Gasteiger partial charge in [-0.05, 0) is 68.8 Å². The molecule has 0 saturated carbocycles. The van der Waals surface area contributed by atoms with Gasteiger partial charge in [0.1, 0.15) is 0 Å². The lowest BCUT2D eigenvalue weighted by Gasteiger charge is -2.28. The number of hydrogen-bond donors (Lipinski definition) is 2. The molecule has 2 N–H and O–H groups in total. The van der Waals surface area contributed by atoms with Gasteiger partial charge in [0.05, 0.1) is 0 Å². The Hall–Kier alpha value is -2.00. The normalized spacial score (nSPS) is 13.3. The predicted molar refractivity (Wildman–Crippen MR) is 134 cm³/mol. The van der Waals surface area contributed by atoms with Crippen LogP contribution >= 0.6 is 0 Å². The van der Waals surface area contributed by atoms with Crippen LogP contribution < -0.4 is 10.6 Å². The third-order valence-corrected chi connectivity index (χ3v) is 5.95. The monoisotopic (exact) mass is 409 g/mol. The molecule has 0 aromatic heterocycles. The number of para-hydroxylation sites is 2. The Kier molecular flexibility index (Phi) is 9.71. The second kappa shape index (κ2) is 12.0. The van der Waals surface area contributed by atoms with E-state index in [0.29, 0.717) is 12.1 Å². The van der Waals surface area contributed by atoms with E-state index in [4.69, 9.17) is 0 Å². The minimum Gasteiger partial charge on any atom is -0.381 e. The molecule has 0 radical (unpaired) electrons. The minimum atomic E-state index is 0.398. The molecule has 0 heterocycles. The van der Waals surface area contributed by atoms with Gasteiger partial charge in [0.2, 0.25) is 0 Å². The Balaban J connectivity index is 1.97. The van der Waals surface area contributed by atoms with Gasteiger partial charge in [0.15, 0.2) is 0 Å². The van der Waals surface area contributed by atoms with Gasteiger partial charge in [-0.2, -0.15) is 0 Å². The van der Waals surface area contributed by atoms with Crippen LogP contribution in [0, 0.1) is 0 Å². The highest BCUT2D eigenvalue weighted by molar-refractivity contribution is 5.59. The summed E-state index contributed by atoms with van der Waals surface area (Å²) < 4.78 is 0. The summed E-state index contributed by atoms with van der Waals surface area (Å²) in [4.78, 5) is 2.44. The van der Waals surface area contributed by atoms with Crippen molar-refractivity contribution in [2.45, 2.75) is 79.3 Å². The molecular weight excluding hydrogens is 366 g/mol. The summed E-state index contributed by atoms with van der Waals surface area (Å²) in [6.45, 7) is 15.6. The maximum atomic E-state index is 3.81. The van der Waals surface area contributed by atoms with Crippen LogP contribution in [0.25, 0.3) is 0 Å². The Morgan fingerprint density at radius 1 is 0.633 bits per heavy atom. The van der Waals surface area contributed by atoms with Crippen LogP contribution in [-0.2, 0) is 25.7 Å². The summed E-state index contributed by atoms with van der Waals surface area (Å²) in [5.41, 5.74) is 8.37. The van der Waals surface area contributed by atoms with Gasteiger partial charge < -0.3 is 15.5 Å². The van der Waals surface area contributed by atoms with Crippen molar-refractivity contribution in [3.8, 4) is 0 Å².